The molecular formula is C23H28N6O. The molecule has 3 aromatic rings. The maximum absolute atomic E-state index is 12.7. The van der Waals surface area contributed by atoms with Gasteiger partial charge in [0.1, 0.15) is 11.7 Å². The Balaban J connectivity index is 1.50. The Bertz CT molecular complexity index is 1080. The fourth-order valence-electron chi connectivity index (χ4n) is 4.00. The van der Waals surface area contributed by atoms with Crippen LogP contribution in [0.1, 0.15) is 42.6 Å². The molecule has 1 aromatic heterocycles. The summed E-state index contributed by atoms with van der Waals surface area (Å²) in [7, 11) is 2.00. The number of nitrogens with one attached hydrogen (secondary N) is 2. The number of nitrogens with two attached hydrogens (primary N) is 1. The van der Waals surface area contributed by atoms with Crippen molar-refractivity contribution in [3.05, 3.63) is 59.4 Å². The number of carbonyl (C=O) groups excluding carboxylic acids is 1. The lowest BCUT2D eigenvalue weighted by Crippen LogP contribution is -2.31. The first-order chi connectivity index (χ1) is 14.4. The molecule has 30 heavy (non-hydrogen) atoms. The van der Waals surface area contributed by atoms with Crippen molar-refractivity contribution in [2.75, 3.05) is 18.4 Å². The summed E-state index contributed by atoms with van der Waals surface area (Å²) in [6.07, 6.45) is 2.21. The van der Waals surface area contributed by atoms with E-state index in [0.29, 0.717) is 12.1 Å². The summed E-state index contributed by atoms with van der Waals surface area (Å²) in [6.45, 7) is 4.30. The number of aryl methyl sites for hydroxylation is 1. The molecule has 1 fully saturated rings. The highest BCUT2D eigenvalue weighted by molar-refractivity contribution is 5.95. The van der Waals surface area contributed by atoms with Gasteiger partial charge in [0.2, 0.25) is 5.91 Å². The second-order valence-electron chi connectivity index (χ2n) is 7.93. The highest BCUT2D eigenvalue weighted by Gasteiger charge is 2.24. The number of hydrogen-bond donors (Lipinski definition) is 3. The standard InChI is InChI=1S/C23H28N6O/c1-15(23(30)29-11-3-4-12-29)17-7-10-20-19(13-17)27-21(28(20)2)14-26-18-8-5-16(6-9-18)22(24)25/h5-10,13,15,26H,3-4,11-12,14H2,1-2H3,(H3,24,25)/t15-/m0/s1. The lowest BCUT2D eigenvalue weighted by Gasteiger charge is -2.20. The molecule has 4 rings (SSSR count). The molecule has 2 aromatic carbocycles. The van der Waals surface area contributed by atoms with Crippen molar-refractivity contribution in [1.29, 1.82) is 5.41 Å². The number of hydrogen-bond acceptors (Lipinski definition) is 4. The second kappa shape index (κ2) is 8.18. The molecule has 0 aliphatic carbocycles. The van der Waals surface area contributed by atoms with Crippen molar-refractivity contribution in [2.24, 2.45) is 12.8 Å². The van der Waals surface area contributed by atoms with Gasteiger partial charge in [0.15, 0.2) is 0 Å². The average Bonchev–Trinajstić information content (AvgIpc) is 3.40. The van der Waals surface area contributed by atoms with E-state index < -0.39 is 0 Å². The Morgan fingerprint density at radius 2 is 1.90 bits per heavy atom. The van der Waals surface area contributed by atoms with Crippen LogP contribution in [0.15, 0.2) is 42.5 Å². The smallest absolute Gasteiger partial charge is 0.229 e. The van der Waals surface area contributed by atoms with E-state index in [1.54, 1.807) is 0 Å². The van der Waals surface area contributed by atoms with Crippen LogP contribution >= 0.6 is 0 Å². The molecule has 156 valence electrons. The summed E-state index contributed by atoms with van der Waals surface area (Å²) in [5, 5.41) is 10.8. The lowest BCUT2D eigenvalue weighted by atomic mass is 9.99. The third kappa shape index (κ3) is 3.87. The molecule has 0 saturated carbocycles. The maximum Gasteiger partial charge on any atom is 0.229 e. The highest BCUT2D eigenvalue weighted by atomic mass is 16.2. The molecule has 1 saturated heterocycles. The zero-order valence-corrected chi connectivity index (χ0v) is 17.5. The minimum Gasteiger partial charge on any atom is -0.384 e. The number of anilines is 1. The predicted octanol–water partition coefficient (Wildman–Crippen LogP) is 3.20. The molecule has 7 nitrogen and oxygen atoms in total. The zero-order valence-electron chi connectivity index (χ0n) is 17.5. The molecule has 0 spiro atoms. The van der Waals surface area contributed by atoms with Crippen molar-refractivity contribution >= 4 is 28.5 Å². The number of rotatable bonds is 6. The normalized spacial score (nSPS) is 14.8. The molecule has 2 heterocycles. The van der Waals surface area contributed by atoms with Crippen molar-refractivity contribution in [3.8, 4) is 0 Å². The number of benzene rings is 2. The number of nitrogens with zero attached hydrogens (tertiary/aromatic N) is 3. The molecule has 0 unspecified atom stereocenters. The third-order valence-corrected chi connectivity index (χ3v) is 5.93. The van der Waals surface area contributed by atoms with Gasteiger partial charge < -0.3 is 20.5 Å². The number of fused-ring (bicyclic) bond motifs is 1. The van der Waals surface area contributed by atoms with Gasteiger partial charge in [-0.2, -0.15) is 0 Å². The first kappa shape index (κ1) is 19.9. The van der Waals surface area contributed by atoms with Gasteiger partial charge in [0.25, 0.3) is 0 Å². The summed E-state index contributed by atoms with van der Waals surface area (Å²) in [5.41, 5.74) is 10.1. The van der Waals surface area contributed by atoms with Gasteiger partial charge in [-0.3, -0.25) is 10.2 Å². The van der Waals surface area contributed by atoms with E-state index in [1.807, 2.05) is 55.3 Å². The fraction of sp³-hybridized carbons (Fsp3) is 0.348. The van der Waals surface area contributed by atoms with Crippen LogP contribution in [-0.2, 0) is 18.4 Å². The van der Waals surface area contributed by atoms with Gasteiger partial charge in [-0.05, 0) is 61.7 Å². The first-order valence-electron chi connectivity index (χ1n) is 10.4. The predicted molar refractivity (Wildman–Crippen MR) is 120 cm³/mol. The summed E-state index contributed by atoms with van der Waals surface area (Å²) in [5.74, 6) is 1.02. The lowest BCUT2D eigenvalue weighted by molar-refractivity contribution is -0.131. The number of nitrogen functional groups attached to an aromatic ring is 1. The Labute approximate surface area is 176 Å². The number of likely N-dealkylation sites (tertiary alicyclic amines) is 1. The van der Waals surface area contributed by atoms with E-state index in [-0.39, 0.29) is 17.7 Å². The van der Waals surface area contributed by atoms with Crippen LogP contribution in [0.5, 0.6) is 0 Å². The average molecular weight is 405 g/mol. The Morgan fingerprint density at radius 1 is 1.20 bits per heavy atom. The molecule has 4 N–H and O–H groups in total. The molecule has 0 bridgehead atoms. The van der Waals surface area contributed by atoms with Crippen LogP contribution in [0.4, 0.5) is 5.69 Å². The van der Waals surface area contributed by atoms with E-state index in [9.17, 15) is 4.79 Å². The summed E-state index contributed by atoms with van der Waals surface area (Å²) >= 11 is 0. The number of amides is 1. The summed E-state index contributed by atoms with van der Waals surface area (Å²) in [4.78, 5) is 19.5. The Hall–Kier alpha value is -3.35. The van der Waals surface area contributed by atoms with E-state index in [4.69, 9.17) is 16.1 Å². The number of aromatic nitrogens is 2. The molecule has 0 radical (unpaired) electrons. The van der Waals surface area contributed by atoms with Gasteiger partial charge in [-0.25, -0.2) is 4.98 Å². The minimum absolute atomic E-state index is 0.0603. The van der Waals surface area contributed by atoms with Gasteiger partial charge in [0, 0.05) is 31.4 Å². The zero-order chi connectivity index (χ0) is 21.3. The Morgan fingerprint density at radius 3 is 2.57 bits per heavy atom. The topological polar surface area (TPSA) is 100 Å². The number of amidine groups is 1. The highest BCUT2D eigenvalue weighted by Crippen LogP contribution is 2.25. The van der Waals surface area contributed by atoms with Crippen LogP contribution < -0.4 is 11.1 Å². The molecule has 1 aliphatic heterocycles. The summed E-state index contributed by atoms with van der Waals surface area (Å²) in [6, 6.07) is 13.6. The SMILES string of the molecule is C[C@H](C(=O)N1CCCC1)c1ccc2c(c1)nc(CNc1ccc(C(=N)N)cc1)n2C. The van der Waals surface area contributed by atoms with Crippen molar-refractivity contribution in [2.45, 2.75) is 32.2 Å². The van der Waals surface area contributed by atoms with E-state index >= 15 is 0 Å². The maximum atomic E-state index is 12.7. The van der Waals surface area contributed by atoms with Gasteiger partial charge >= 0.3 is 0 Å². The molecule has 7 heteroatoms. The van der Waals surface area contributed by atoms with Gasteiger partial charge in [-0.1, -0.05) is 6.07 Å². The fourth-order valence-corrected chi connectivity index (χ4v) is 4.00. The molecule has 1 aliphatic rings. The molecular weight excluding hydrogens is 376 g/mol. The van der Waals surface area contributed by atoms with Crippen molar-refractivity contribution in [3.63, 3.8) is 0 Å². The van der Waals surface area contributed by atoms with Crippen LogP contribution in [0.3, 0.4) is 0 Å². The van der Waals surface area contributed by atoms with Crippen LogP contribution in [-0.4, -0.2) is 39.3 Å². The van der Waals surface area contributed by atoms with Crippen LogP contribution in [0.25, 0.3) is 11.0 Å². The monoisotopic (exact) mass is 404 g/mol. The van der Waals surface area contributed by atoms with Crippen LogP contribution in [0, 0.1) is 5.41 Å². The Kier molecular flexibility index (Phi) is 5.44. The van der Waals surface area contributed by atoms with Gasteiger partial charge in [0.05, 0.1) is 23.5 Å². The number of imidazole rings is 1. The van der Waals surface area contributed by atoms with Gasteiger partial charge in [-0.15, -0.1) is 0 Å². The largest absolute Gasteiger partial charge is 0.384 e. The quantitative estimate of drug-likeness (QED) is 0.434. The van der Waals surface area contributed by atoms with E-state index in [1.165, 1.54) is 0 Å². The van der Waals surface area contributed by atoms with E-state index in [2.05, 4.69) is 16.0 Å². The third-order valence-electron chi connectivity index (χ3n) is 5.93. The second-order valence-corrected chi connectivity index (χ2v) is 7.93. The summed E-state index contributed by atoms with van der Waals surface area (Å²) < 4.78 is 2.07. The van der Waals surface area contributed by atoms with Crippen molar-refractivity contribution < 1.29 is 4.79 Å². The van der Waals surface area contributed by atoms with Crippen molar-refractivity contribution in [1.82, 2.24) is 14.5 Å². The molecule has 1 amide bonds. The minimum atomic E-state index is -0.157. The van der Waals surface area contributed by atoms with E-state index in [0.717, 1.165) is 54.0 Å². The molecule has 1 atom stereocenters. The van der Waals surface area contributed by atoms with Crippen LogP contribution in [0.2, 0.25) is 0 Å². The number of carbonyl (C=O) groups is 1. The first-order valence-corrected chi connectivity index (χ1v) is 10.4.